The Morgan fingerprint density at radius 2 is 1.27 bits per heavy atom. The molecule has 350 valence electrons. The summed E-state index contributed by atoms with van der Waals surface area (Å²) in [6.07, 6.45) is 1.45. The van der Waals surface area contributed by atoms with Crippen LogP contribution in [0.4, 0.5) is 0 Å². The third-order valence-electron chi connectivity index (χ3n) is 12.2. The molecule has 23 nitrogen and oxygen atoms in total. The number of carbonyl (C=O) groups excluding carboxylic acids is 5. The van der Waals surface area contributed by atoms with Crippen molar-refractivity contribution in [2.45, 2.75) is 91.7 Å². The molecule has 1 fully saturated rings. The number of likely N-dealkylation sites (tertiary alicyclic amines) is 1. The lowest BCUT2D eigenvalue weighted by Gasteiger charge is -2.24. The first-order chi connectivity index (χ1) is 32.2. The summed E-state index contributed by atoms with van der Waals surface area (Å²) < 4.78 is 17.0. The van der Waals surface area contributed by atoms with Gasteiger partial charge in [-0.15, -0.1) is 5.10 Å². The number of nitrogens with two attached hydrogens (primary N) is 2. The first-order valence-electron chi connectivity index (χ1n) is 22.1. The number of hydrogen-bond acceptors (Lipinski definition) is 11. The van der Waals surface area contributed by atoms with Gasteiger partial charge in [0.1, 0.15) is 18.0 Å². The summed E-state index contributed by atoms with van der Waals surface area (Å²) in [5.41, 5.74) is 17.1. The third kappa shape index (κ3) is 9.08. The normalized spacial score (nSPS) is 15.1. The molecule has 23 heteroatoms. The molecule has 0 radical (unpaired) electrons. The Morgan fingerprint density at radius 3 is 1.72 bits per heavy atom. The van der Waals surface area contributed by atoms with Gasteiger partial charge in [-0.25, -0.2) is 5.10 Å². The Morgan fingerprint density at radius 1 is 0.761 bits per heavy atom. The fourth-order valence-electron chi connectivity index (χ4n) is 8.85. The molecule has 67 heavy (non-hydrogen) atoms. The minimum atomic E-state index is -0.613. The number of nitrogens with one attached hydrogen (secondary N) is 1. The second-order valence-corrected chi connectivity index (χ2v) is 16.5. The van der Waals surface area contributed by atoms with Crippen LogP contribution in [-0.2, 0) is 49.8 Å². The van der Waals surface area contributed by atoms with Gasteiger partial charge < -0.3 is 39.4 Å². The maximum Gasteiger partial charge on any atom is 0.298 e. The van der Waals surface area contributed by atoms with Crippen molar-refractivity contribution in [1.82, 2.24) is 63.4 Å². The van der Waals surface area contributed by atoms with Crippen molar-refractivity contribution in [2.24, 2.45) is 35.5 Å². The lowest BCUT2D eigenvalue weighted by molar-refractivity contribution is -0.139. The average molecular weight is 916 g/mol. The van der Waals surface area contributed by atoms with Gasteiger partial charge >= 0.3 is 0 Å². The van der Waals surface area contributed by atoms with Crippen LogP contribution in [-0.4, -0.2) is 112 Å². The minimum Gasteiger partial charge on any atom is -0.368 e. The lowest BCUT2D eigenvalue weighted by atomic mass is 10.1. The van der Waals surface area contributed by atoms with E-state index in [4.69, 9.17) is 16.2 Å². The summed E-state index contributed by atoms with van der Waals surface area (Å²) in [5, 5.41) is 23.1. The molecule has 5 N–H and O–H groups in total. The highest BCUT2D eigenvalue weighted by atomic mass is 16.5. The van der Waals surface area contributed by atoms with Crippen molar-refractivity contribution >= 4 is 51.6 Å². The van der Waals surface area contributed by atoms with Crippen LogP contribution in [0.2, 0.25) is 0 Å². The van der Waals surface area contributed by atoms with Gasteiger partial charge in [0.05, 0.1) is 45.6 Å². The Bertz CT molecular complexity index is 3020. The molecular formula is C44H53N17O6. The predicted molar refractivity (Wildman–Crippen MR) is 241 cm³/mol. The summed E-state index contributed by atoms with van der Waals surface area (Å²) in [7, 11) is 3.51. The Labute approximate surface area is 382 Å². The molecule has 6 heterocycles. The lowest BCUT2D eigenvalue weighted by Crippen LogP contribution is -2.36. The number of ether oxygens (including phenoxy) is 1. The van der Waals surface area contributed by atoms with Crippen LogP contribution < -0.4 is 22.7 Å². The molecule has 5 amide bonds. The number of tetrazole rings is 1. The molecule has 7 aromatic rings. The molecule has 2 aromatic carbocycles. The van der Waals surface area contributed by atoms with E-state index in [0.29, 0.717) is 101 Å². The number of H-pyrrole nitrogens is 1. The van der Waals surface area contributed by atoms with E-state index in [1.165, 1.54) is 0 Å². The smallest absolute Gasteiger partial charge is 0.298 e. The Kier molecular flexibility index (Phi) is 12.9. The zero-order chi connectivity index (χ0) is 47.7. The van der Waals surface area contributed by atoms with Crippen LogP contribution in [0.3, 0.4) is 0 Å². The van der Waals surface area contributed by atoms with E-state index in [2.05, 4.69) is 40.8 Å². The van der Waals surface area contributed by atoms with Crippen LogP contribution in [0.25, 0.3) is 22.1 Å². The second kappa shape index (κ2) is 19.0. The molecule has 0 unspecified atom stereocenters. The van der Waals surface area contributed by atoms with Gasteiger partial charge in [-0.05, 0) is 112 Å². The number of nitrogens with zero attached hydrogens (tertiary/aromatic N) is 14. The highest BCUT2D eigenvalue weighted by Crippen LogP contribution is 2.29. The first kappa shape index (κ1) is 45.7. The zero-order valence-electron chi connectivity index (χ0n) is 38.2. The molecule has 0 aliphatic carbocycles. The zero-order valence-corrected chi connectivity index (χ0v) is 38.2. The first-order valence-corrected chi connectivity index (χ1v) is 22.1. The van der Waals surface area contributed by atoms with E-state index in [9.17, 15) is 24.0 Å². The molecule has 1 aliphatic heterocycles. The van der Waals surface area contributed by atoms with Crippen molar-refractivity contribution < 1.29 is 28.7 Å². The molecule has 1 saturated heterocycles. The summed E-state index contributed by atoms with van der Waals surface area (Å²) in [4.78, 5) is 77.4. The van der Waals surface area contributed by atoms with Gasteiger partial charge in [0.25, 0.3) is 11.8 Å². The summed E-state index contributed by atoms with van der Waals surface area (Å²) in [6.45, 7) is 9.03. The molecule has 8 rings (SSSR count). The summed E-state index contributed by atoms with van der Waals surface area (Å²) in [6, 6.07) is 13.1. The minimum absolute atomic E-state index is 0.245. The SMILES string of the molecule is CCn1nc(C)cc1C(=O)N=c1n(C)c2cc(C(N)=O)ccc2n1CCC(CCn1c(=NC(=O)c2cc(C)nn2CC)n(C)c2cc(C(N)=O)ccc21)OCC(=O)N1CCC[C@H]1c1nnn[nH]1. The number of rotatable bonds is 16. The van der Waals surface area contributed by atoms with Gasteiger partial charge in [-0.2, -0.15) is 20.2 Å². The highest BCUT2D eigenvalue weighted by molar-refractivity contribution is 5.98. The van der Waals surface area contributed by atoms with Crippen molar-refractivity contribution in [1.29, 1.82) is 0 Å². The second-order valence-electron chi connectivity index (χ2n) is 16.5. The number of amides is 5. The van der Waals surface area contributed by atoms with Crippen molar-refractivity contribution in [3.8, 4) is 0 Å². The predicted octanol–water partition coefficient (Wildman–Crippen LogP) is 1.75. The van der Waals surface area contributed by atoms with Gasteiger partial charge in [0.2, 0.25) is 29.0 Å². The Balaban J connectivity index is 1.18. The van der Waals surface area contributed by atoms with Crippen LogP contribution in [0, 0.1) is 13.8 Å². The van der Waals surface area contributed by atoms with Crippen molar-refractivity contribution in [3.63, 3.8) is 0 Å². The van der Waals surface area contributed by atoms with E-state index in [-0.39, 0.29) is 42.8 Å². The van der Waals surface area contributed by atoms with Crippen LogP contribution >= 0.6 is 0 Å². The van der Waals surface area contributed by atoms with E-state index < -0.39 is 29.7 Å². The fraction of sp³-hybridized carbons (Fsp3) is 0.409. The molecule has 5 aromatic heterocycles. The van der Waals surface area contributed by atoms with Crippen molar-refractivity contribution in [3.05, 3.63) is 99.5 Å². The largest absolute Gasteiger partial charge is 0.368 e. The van der Waals surface area contributed by atoms with Gasteiger partial charge in [0.15, 0.2) is 5.82 Å². The monoisotopic (exact) mass is 915 g/mol. The Hall–Kier alpha value is -7.82. The highest BCUT2D eigenvalue weighted by Gasteiger charge is 2.33. The summed E-state index contributed by atoms with van der Waals surface area (Å²) in [5.74, 6) is -1.99. The molecular weight excluding hydrogens is 863 g/mol. The van der Waals surface area contributed by atoms with Crippen LogP contribution in [0.15, 0.2) is 58.5 Å². The maximum atomic E-state index is 14.0. The molecule has 0 bridgehead atoms. The number of fused-ring (bicyclic) bond motifs is 2. The molecule has 1 atom stereocenters. The van der Waals surface area contributed by atoms with E-state index in [0.717, 1.165) is 6.42 Å². The number of imidazole rings is 2. The number of aromatic nitrogens is 12. The topological polar surface area (TPSA) is 284 Å². The average Bonchev–Trinajstić information content (AvgIpc) is 4.19. The molecule has 1 aliphatic rings. The molecule has 0 spiro atoms. The third-order valence-corrected chi connectivity index (χ3v) is 12.2. The quantitative estimate of drug-likeness (QED) is 0.126. The number of benzene rings is 2. The van der Waals surface area contributed by atoms with E-state index in [1.54, 1.807) is 99.9 Å². The van der Waals surface area contributed by atoms with E-state index >= 15 is 0 Å². The standard InChI is InChI=1S/C44H53N17O6/c1-7-60-35(20-25(3)51-60)41(65)47-43-55(5)33-22-27(38(45)63)11-13-30(33)58(43)18-15-29(67-24-37(62)57-17-9-10-32(57)40-49-53-54-50-40)16-19-59-31-14-12-28(39(46)64)23-34(31)56(6)44(59)48-42(66)36-21-26(4)52-61(36)8-2/h11-14,20-23,29,32H,7-10,15-19,24H2,1-6H3,(H2,45,63)(H2,46,64)(H,49,50,53,54)/t29?,32-/m0/s1. The van der Waals surface area contributed by atoms with Crippen LogP contribution in [0.1, 0.15) is 104 Å². The summed E-state index contributed by atoms with van der Waals surface area (Å²) >= 11 is 0. The van der Waals surface area contributed by atoms with Crippen LogP contribution in [0.5, 0.6) is 0 Å². The number of primary amides is 2. The number of aromatic amines is 1. The van der Waals surface area contributed by atoms with Gasteiger partial charge in [-0.3, -0.25) is 33.3 Å². The number of hydrogen-bond donors (Lipinski definition) is 3. The van der Waals surface area contributed by atoms with Gasteiger partial charge in [-0.1, -0.05) is 0 Å². The number of aryl methyl sites for hydroxylation is 8. The van der Waals surface area contributed by atoms with Gasteiger partial charge in [0, 0.05) is 57.9 Å². The van der Waals surface area contributed by atoms with E-state index in [1.807, 2.05) is 23.0 Å². The number of carbonyl (C=O) groups is 5. The maximum absolute atomic E-state index is 14.0. The molecule has 0 saturated carbocycles. The fourth-order valence-corrected chi connectivity index (χ4v) is 8.85. The van der Waals surface area contributed by atoms with Crippen molar-refractivity contribution in [2.75, 3.05) is 13.2 Å².